The molecule has 1 aromatic heterocycles. The van der Waals surface area contributed by atoms with E-state index in [0.29, 0.717) is 18.1 Å². The summed E-state index contributed by atoms with van der Waals surface area (Å²) in [6.07, 6.45) is 0.366. The molecule has 0 unspecified atom stereocenters. The third kappa shape index (κ3) is 4.32. The Kier molecular flexibility index (Phi) is 5.38. The van der Waals surface area contributed by atoms with E-state index in [1.807, 2.05) is 44.2 Å². The number of hydrogen-bond donors (Lipinski definition) is 0. The smallest absolute Gasteiger partial charge is 0.306 e. The van der Waals surface area contributed by atoms with Crippen molar-refractivity contribution in [2.45, 2.75) is 30.8 Å². The molecule has 2 atom stereocenters. The Hall–Kier alpha value is -1.82. The summed E-state index contributed by atoms with van der Waals surface area (Å²) in [6.45, 7) is 3.97. The monoisotopic (exact) mass is 306 g/mol. The highest BCUT2D eigenvalue weighted by atomic mass is 32.2. The van der Waals surface area contributed by atoms with Gasteiger partial charge in [0.15, 0.2) is 0 Å². The van der Waals surface area contributed by atoms with E-state index in [0.717, 1.165) is 5.56 Å². The molecule has 0 aliphatic carbocycles. The zero-order chi connectivity index (χ0) is 15.2. The van der Waals surface area contributed by atoms with Crippen molar-refractivity contribution in [2.75, 3.05) is 7.11 Å². The fraction of sp³-hybridized carbons (Fsp3) is 0.400. The average Bonchev–Trinajstić information content (AvgIpc) is 2.97. The summed E-state index contributed by atoms with van der Waals surface area (Å²) in [5.41, 5.74) is 0.923. The predicted molar refractivity (Wildman–Crippen MR) is 81.8 cm³/mol. The summed E-state index contributed by atoms with van der Waals surface area (Å²) in [4.78, 5) is 15.7. The molecule has 0 saturated carbocycles. The molecule has 112 valence electrons. The van der Waals surface area contributed by atoms with Crippen LogP contribution in [-0.4, -0.2) is 28.5 Å². The van der Waals surface area contributed by atoms with E-state index in [1.165, 1.54) is 7.11 Å². The van der Waals surface area contributed by atoms with E-state index < -0.39 is 0 Å². The van der Waals surface area contributed by atoms with Gasteiger partial charge in [0.05, 0.1) is 18.8 Å². The van der Waals surface area contributed by atoms with Crippen LogP contribution in [0.4, 0.5) is 0 Å². The number of carbonyl (C=O) groups is 1. The first-order valence-electron chi connectivity index (χ1n) is 6.71. The van der Waals surface area contributed by atoms with Crippen LogP contribution in [0.5, 0.6) is 0 Å². The number of aromatic nitrogens is 2. The van der Waals surface area contributed by atoms with E-state index in [1.54, 1.807) is 11.8 Å². The number of hydrogen-bond acceptors (Lipinski definition) is 6. The molecule has 5 nitrogen and oxygen atoms in total. The minimum Gasteiger partial charge on any atom is -0.469 e. The standard InChI is InChI=1S/C15H18N2O3S/c1-10(9-13(18)19-3)21-11(2)15-16-14(17-20-15)12-7-5-4-6-8-12/h4-8,10-11H,9H2,1-3H3/t10-,11-/m0/s1. The second-order valence-electron chi connectivity index (χ2n) is 4.69. The van der Waals surface area contributed by atoms with Crippen LogP contribution >= 0.6 is 11.8 Å². The molecule has 0 spiro atoms. The highest BCUT2D eigenvalue weighted by Gasteiger charge is 2.20. The van der Waals surface area contributed by atoms with Gasteiger partial charge in [-0.25, -0.2) is 0 Å². The van der Waals surface area contributed by atoms with Gasteiger partial charge in [-0.2, -0.15) is 4.98 Å². The number of rotatable bonds is 6. The summed E-state index contributed by atoms with van der Waals surface area (Å²) < 4.78 is 9.98. The largest absolute Gasteiger partial charge is 0.469 e. The van der Waals surface area contributed by atoms with E-state index in [9.17, 15) is 4.79 Å². The van der Waals surface area contributed by atoms with Gasteiger partial charge in [0.25, 0.3) is 0 Å². The molecule has 0 amide bonds. The quantitative estimate of drug-likeness (QED) is 0.761. The second kappa shape index (κ2) is 7.26. The van der Waals surface area contributed by atoms with Crippen LogP contribution in [0.2, 0.25) is 0 Å². The van der Waals surface area contributed by atoms with E-state index in [2.05, 4.69) is 14.9 Å². The van der Waals surface area contributed by atoms with Crippen LogP contribution in [0, 0.1) is 0 Å². The molecule has 1 aromatic carbocycles. The number of ether oxygens (including phenoxy) is 1. The molecule has 21 heavy (non-hydrogen) atoms. The summed E-state index contributed by atoms with van der Waals surface area (Å²) in [5, 5.41) is 4.15. The van der Waals surface area contributed by atoms with Crippen molar-refractivity contribution in [3.63, 3.8) is 0 Å². The number of thioether (sulfide) groups is 1. The van der Waals surface area contributed by atoms with Crippen molar-refractivity contribution >= 4 is 17.7 Å². The molecule has 0 fully saturated rings. The SMILES string of the molecule is COC(=O)C[C@H](C)S[C@@H](C)c1nc(-c2ccccc2)no1. The lowest BCUT2D eigenvalue weighted by molar-refractivity contribution is -0.140. The molecular weight excluding hydrogens is 288 g/mol. The van der Waals surface area contributed by atoms with Gasteiger partial charge >= 0.3 is 5.97 Å². The molecule has 0 bridgehead atoms. The predicted octanol–water partition coefficient (Wildman–Crippen LogP) is 3.48. The molecule has 0 aliphatic rings. The first-order chi connectivity index (χ1) is 10.1. The lowest BCUT2D eigenvalue weighted by Crippen LogP contribution is -2.09. The van der Waals surface area contributed by atoms with Gasteiger partial charge < -0.3 is 9.26 Å². The Morgan fingerprint density at radius 3 is 2.71 bits per heavy atom. The fourth-order valence-electron chi connectivity index (χ4n) is 1.88. The Morgan fingerprint density at radius 1 is 1.33 bits per heavy atom. The lowest BCUT2D eigenvalue weighted by atomic mass is 10.2. The summed E-state index contributed by atoms with van der Waals surface area (Å²) in [7, 11) is 1.40. The summed E-state index contributed by atoms with van der Waals surface area (Å²) >= 11 is 1.61. The third-order valence-corrected chi connectivity index (χ3v) is 4.18. The van der Waals surface area contributed by atoms with Crippen molar-refractivity contribution in [1.82, 2.24) is 10.1 Å². The molecule has 2 rings (SSSR count). The van der Waals surface area contributed by atoms with Gasteiger partial charge in [0, 0.05) is 10.8 Å². The molecule has 0 saturated heterocycles. The van der Waals surface area contributed by atoms with Crippen LogP contribution in [-0.2, 0) is 9.53 Å². The zero-order valence-electron chi connectivity index (χ0n) is 12.3. The molecule has 0 radical (unpaired) electrons. The van der Waals surface area contributed by atoms with Crippen molar-refractivity contribution in [3.05, 3.63) is 36.2 Å². The van der Waals surface area contributed by atoms with E-state index in [4.69, 9.17) is 4.52 Å². The lowest BCUT2D eigenvalue weighted by Gasteiger charge is -2.12. The maximum absolute atomic E-state index is 11.2. The third-order valence-electron chi connectivity index (χ3n) is 2.94. The second-order valence-corrected chi connectivity index (χ2v) is 6.48. The Balaban J connectivity index is 1.99. The van der Waals surface area contributed by atoms with Gasteiger partial charge in [-0.05, 0) is 6.92 Å². The summed E-state index contributed by atoms with van der Waals surface area (Å²) in [6, 6.07) is 9.68. The molecule has 6 heteroatoms. The molecule has 0 aliphatic heterocycles. The summed E-state index contributed by atoms with van der Waals surface area (Å²) in [5.74, 6) is 0.937. The van der Waals surface area contributed by atoms with E-state index >= 15 is 0 Å². The van der Waals surface area contributed by atoms with Gasteiger partial charge in [-0.1, -0.05) is 42.4 Å². The number of esters is 1. The van der Waals surface area contributed by atoms with Crippen LogP contribution in [0.3, 0.4) is 0 Å². The van der Waals surface area contributed by atoms with Crippen molar-refractivity contribution in [1.29, 1.82) is 0 Å². The minimum atomic E-state index is -0.210. The van der Waals surface area contributed by atoms with Crippen molar-refractivity contribution in [2.24, 2.45) is 0 Å². The highest BCUT2D eigenvalue weighted by Crippen LogP contribution is 2.33. The van der Waals surface area contributed by atoms with Crippen LogP contribution in [0.15, 0.2) is 34.9 Å². The Bertz CT molecular complexity index is 586. The minimum absolute atomic E-state index is 0.0228. The molecule has 2 aromatic rings. The number of methoxy groups -OCH3 is 1. The number of benzene rings is 1. The van der Waals surface area contributed by atoms with Crippen LogP contribution < -0.4 is 0 Å². The fourth-order valence-corrected chi connectivity index (χ4v) is 3.02. The van der Waals surface area contributed by atoms with Crippen molar-refractivity contribution in [3.8, 4) is 11.4 Å². The van der Waals surface area contributed by atoms with Gasteiger partial charge in [0.1, 0.15) is 0 Å². The maximum atomic E-state index is 11.2. The maximum Gasteiger partial charge on any atom is 0.306 e. The Labute approximate surface area is 128 Å². The average molecular weight is 306 g/mol. The number of carbonyl (C=O) groups excluding carboxylic acids is 1. The number of nitrogens with zero attached hydrogens (tertiary/aromatic N) is 2. The van der Waals surface area contributed by atoms with Crippen molar-refractivity contribution < 1.29 is 14.1 Å². The van der Waals surface area contributed by atoms with Crippen LogP contribution in [0.25, 0.3) is 11.4 Å². The van der Waals surface area contributed by atoms with Gasteiger partial charge in [-0.15, -0.1) is 11.8 Å². The topological polar surface area (TPSA) is 65.2 Å². The molecule has 1 heterocycles. The van der Waals surface area contributed by atoms with Crippen LogP contribution in [0.1, 0.15) is 31.4 Å². The first kappa shape index (κ1) is 15.6. The van der Waals surface area contributed by atoms with E-state index in [-0.39, 0.29) is 16.5 Å². The Morgan fingerprint density at radius 2 is 2.05 bits per heavy atom. The normalized spacial score (nSPS) is 13.7. The molecule has 0 N–H and O–H groups in total. The zero-order valence-corrected chi connectivity index (χ0v) is 13.1. The first-order valence-corrected chi connectivity index (χ1v) is 7.65. The highest BCUT2D eigenvalue weighted by molar-refractivity contribution is 8.00. The molecular formula is C15H18N2O3S. The van der Waals surface area contributed by atoms with Gasteiger partial charge in [-0.3, -0.25) is 4.79 Å². The van der Waals surface area contributed by atoms with Gasteiger partial charge in [0.2, 0.25) is 11.7 Å².